The van der Waals surface area contributed by atoms with Gasteiger partial charge in [-0.1, -0.05) is 6.07 Å². The van der Waals surface area contributed by atoms with Crippen LogP contribution in [0.1, 0.15) is 38.9 Å². The summed E-state index contributed by atoms with van der Waals surface area (Å²) in [7, 11) is 0. The molecular weight excluding hydrogens is 368 g/mol. The molecule has 0 spiro atoms. The highest BCUT2D eigenvalue weighted by Crippen LogP contribution is 2.17. The Bertz CT molecular complexity index is 995. The number of benzene rings is 2. The van der Waals surface area contributed by atoms with Gasteiger partial charge in [-0.2, -0.15) is 0 Å². The Hall–Kier alpha value is -3.74. The lowest BCUT2D eigenvalue weighted by Crippen LogP contribution is -2.14. The zero-order chi connectivity index (χ0) is 20.8. The second-order valence-corrected chi connectivity index (χ2v) is 6.54. The minimum absolute atomic E-state index is 0.215. The third-order valence-electron chi connectivity index (χ3n) is 4.03. The first-order valence-electron chi connectivity index (χ1n) is 9.20. The number of aromatic nitrogens is 2. The van der Waals surface area contributed by atoms with E-state index in [-0.39, 0.29) is 17.6 Å². The number of hydrogen-bond donors (Lipinski definition) is 2. The Morgan fingerprint density at radius 2 is 1.62 bits per heavy atom. The fourth-order valence-electron chi connectivity index (χ4n) is 2.80. The fraction of sp³-hybridized carbons (Fsp3) is 0.182. The highest BCUT2D eigenvalue weighted by atomic mass is 16.5. The van der Waals surface area contributed by atoms with Gasteiger partial charge in [0.25, 0.3) is 5.91 Å². The molecule has 29 heavy (non-hydrogen) atoms. The Kier molecular flexibility index (Phi) is 6.19. The van der Waals surface area contributed by atoms with Gasteiger partial charge in [-0.05, 0) is 68.3 Å². The second-order valence-electron chi connectivity index (χ2n) is 6.54. The second kappa shape index (κ2) is 8.97. The van der Waals surface area contributed by atoms with Crippen molar-refractivity contribution < 1.29 is 14.3 Å². The number of ether oxygens (including phenoxy) is 1. The van der Waals surface area contributed by atoms with E-state index in [9.17, 15) is 9.59 Å². The Morgan fingerprint density at radius 1 is 0.931 bits per heavy atom. The molecule has 7 nitrogen and oxygen atoms in total. The average Bonchev–Trinajstić information content (AvgIpc) is 2.68. The number of hydrogen-bond acceptors (Lipinski definition) is 6. The third-order valence-corrected chi connectivity index (χ3v) is 4.03. The lowest BCUT2D eigenvalue weighted by Gasteiger charge is -2.09. The van der Waals surface area contributed by atoms with Crippen LogP contribution in [0.4, 0.5) is 17.2 Å². The van der Waals surface area contributed by atoms with Crippen molar-refractivity contribution in [2.24, 2.45) is 0 Å². The zero-order valence-electron chi connectivity index (χ0n) is 16.5. The minimum Gasteiger partial charge on any atom is -0.462 e. The van der Waals surface area contributed by atoms with Crippen LogP contribution in [0.3, 0.4) is 0 Å². The molecule has 1 aromatic heterocycles. The molecular formula is C22H22N4O3. The maximum atomic E-state index is 12.4. The molecule has 0 bridgehead atoms. The molecule has 3 rings (SSSR count). The quantitative estimate of drug-likeness (QED) is 0.611. The summed E-state index contributed by atoms with van der Waals surface area (Å²) in [6.45, 7) is 6.04. The fourth-order valence-corrected chi connectivity index (χ4v) is 2.80. The molecule has 0 aliphatic heterocycles. The van der Waals surface area contributed by atoms with Gasteiger partial charge in [0.05, 0.1) is 24.6 Å². The van der Waals surface area contributed by atoms with Crippen molar-refractivity contribution in [2.75, 3.05) is 17.2 Å². The van der Waals surface area contributed by atoms with Gasteiger partial charge >= 0.3 is 5.97 Å². The summed E-state index contributed by atoms with van der Waals surface area (Å²) >= 11 is 0. The summed E-state index contributed by atoms with van der Waals surface area (Å²) in [6.07, 6.45) is 2.89. The van der Waals surface area contributed by atoms with Gasteiger partial charge in [-0.25, -0.2) is 14.8 Å². The van der Waals surface area contributed by atoms with Crippen molar-refractivity contribution >= 4 is 29.1 Å². The van der Waals surface area contributed by atoms with Gasteiger partial charge in [0.1, 0.15) is 11.5 Å². The van der Waals surface area contributed by atoms with Crippen LogP contribution >= 0.6 is 0 Å². The summed E-state index contributed by atoms with van der Waals surface area (Å²) < 4.78 is 4.96. The smallest absolute Gasteiger partial charge is 0.338 e. The van der Waals surface area contributed by atoms with Crippen LogP contribution in [0.15, 0.2) is 54.9 Å². The molecule has 0 aliphatic rings. The number of aryl methyl sites for hydroxylation is 2. The van der Waals surface area contributed by atoms with E-state index < -0.39 is 0 Å². The summed E-state index contributed by atoms with van der Waals surface area (Å²) in [6, 6.07) is 12.7. The van der Waals surface area contributed by atoms with E-state index >= 15 is 0 Å². The van der Waals surface area contributed by atoms with Crippen molar-refractivity contribution in [2.45, 2.75) is 20.8 Å². The lowest BCUT2D eigenvalue weighted by atomic mass is 10.1. The van der Waals surface area contributed by atoms with E-state index in [1.54, 1.807) is 31.2 Å². The van der Waals surface area contributed by atoms with E-state index in [1.807, 2.05) is 32.0 Å². The number of carbonyl (C=O) groups is 2. The lowest BCUT2D eigenvalue weighted by molar-refractivity contribution is 0.0526. The highest BCUT2D eigenvalue weighted by Gasteiger charge is 2.10. The SMILES string of the molecule is CCOC(=O)c1ccc(Nc2cnc(C(=O)Nc3cc(C)cc(C)c3)cn2)cc1. The molecule has 1 heterocycles. The summed E-state index contributed by atoms with van der Waals surface area (Å²) in [5.41, 5.74) is 4.28. The number of rotatable bonds is 6. The van der Waals surface area contributed by atoms with E-state index in [1.165, 1.54) is 12.4 Å². The number of nitrogens with one attached hydrogen (secondary N) is 2. The molecule has 0 atom stereocenters. The van der Waals surface area contributed by atoms with Crippen molar-refractivity contribution in [1.29, 1.82) is 0 Å². The maximum Gasteiger partial charge on any atom is 0.338 e. The molecule has 0 saturated heterocycles. The molecule has 0 radical (unpaired) electrons. The van der Waals surface area contributed by atoms with Crippen LogP contribution in [0.2, 0.25) is 0 Å². The van der Waals surface area contributed by atoms with Gasteiger partial charge in [0, 0.05) is 11.4 Å². The van der Waals surface area contributed by atoms with Crippen LogP contribution in [0.25, 0.3) is 0 Å². The van der Waals surface area contributed by atoms with Crippen LogP contribution < -0.4 is 10.6 Å². The van der Waals surface area contributed by atoms with Crippen LogP contribution in [0, 0.1) is 13.8 Å². The van der Waals surface area contributed by atoms with Crippen LogP contribution in [-0.4, -0.2) is 28.5 Å². The molecule has 1 amide bonds. The Labute approximate surface area is 169 Å². The number of amides is 1. The number of anilines is 3. The average molecular weight is 390 g/mol. The van der Waals surface area contributed by atoms with Gasteiger partial charge in [0.2, 0.25) is 0 Å². The van der Waals surface area contributed by atoms with Gasteiger partial charge in [0.15, 0.2) is 0 Å². The van der Waals surface area contributed by atoms with Crippen LogP contribution in [0.5, 0.6) is 0 Å². The van der Waals surface area contributed by atoms with Crippen molar-refractivity contribution in [1.82, 2.24) is 9.97 Å². The summed E-state index contributed by atoms with van der Waals surface area (Å²) in [5.74, 6) is -0.206. The number of nitrogens with zero attached hydrogens (tertiary/aromatic N) is 2. The van der Waals surface area contributed by atoms with E-state index in [0.29, 0.717) is 18.0 Å². The topological polar surface area (TPSA) is 93.2 Å². The molecule has 3 aromatic rings. The first-order chi connectivity index (χ1) is 13.9. The van der Waals surface area contributed by atoms with Gasteiger partial charge in [-0.15, -0.1) is 0 Å². The normalized spacial score (nSPS) is 10.3. The molecule has 0 fully saturated rings. The molecule has 148 valence electrons. The highest BCUT2D eigenvalue weighted by molar-refractivity contribution is 6.02. The monoisotopic (exact) mass is 390 g/mol. The first kappa shape index (κ1) is 20.0. The predicted molar refractivity (Wildman–Crippen MR) is 112 cm³/mol. The number of esters is 1. The largest absolute Gasteiger partial charge is 0.462 e. The van der Waals surface area contributed by atoms with Crippen LogP contribution in [-0.2, 0) is 4.74 Å². The molecule has 0 saturated carbocycles. The number of carbonyl (C=O) groups excluding carboxylic acids is 2. The zero-order valence-corrected chi connectivity index (χ0v) is 16.5. The van der Waals surface area contributed by atoms with E-state index in [0.717, 1.165) is 22.5 Å². The Balaban J connectivity index is 1.63. The minimum atomic E-state index is -0.363. The summed E-state index contributed by atoms with van der Waals surface area (Å²) in [4.78, 5) is 32.5. The predicted octanol–water partition coefficient (Wildman–Crippen LogP) is 4.27. The van der Waals surface area contributed by atoms with E-state index in [2.05, 4.69) is 20.6 Å². The van der Waals surface area contributed by atoms with Crippen molar-refractivity contribution in [3.63, 3.8) is 0 Å². The Morgan fingerprint density at radius 3 is 2.21 bits per heavy atom. The molecule has 2 aromatic carbocycles. The van der Waals surface area contributed by atoms with E-state index in [4.69, 9.17) is 4.74 Å². The first-order valence-corrected chi connectivity index (χ1v) is 9.20. The van der Waals surface area contributed by atoms with Crippen molar-refractivity contribution in [3.05, 3.63) is 77.2 Å². The van der Waals surface area contributed by atoms with Crippen molar-refractivity contribution in [3.8, 4) is 0 Å². The summed E-state index contributed by atoms with van der Waals surface area (Å²) in [5, 5.41) is 5.91. The standard InChI is InChI=1S/C22H22N4O3/c1-4-29-22(28)16-5-7-17(8-6-16)25-20-13-23-19(12-24-20)21(27)26-18-10-14(2)9-15(3)11-18/h5-13H,4H2,1-3H3,(H,24,25)(H,26,27). The molecule has 2 N–H and O–H groups in total. The molecule has 0 unspecified atom stereocenters. The molecule has 7 heteroatoms. The molecule has 0 aliphatic carbocycles. The van der Waals surface area contributed by atoms with Gasteiger partial charge < -0.3 is 15.4 Å². The maximum absolute atomic E-state index is 12.4. The van der Waals surface area contributed by atoms with Gasteiger partial charge in [-0.3, -0.25) is 4.79 Å². The third kappa shape index (κ3) is 5.38.